The van der Waals surface area contributed by atoms with Crippen molar-refractivity contribution < 1.29 is 9.59 Å². The highest BCUT2D eigenvalue weighted by molar-refractivity contribution is 7.98. The zero-order valence-electron chi connectivity index (χ0n) is 12.5. The fraction of sp³-hybridized carbons (Fsp3) is 0.857. The third-order valence-corrected chi connectivity index (χ3v) is 3.25. The van der Waals surface area contributed by atoms with Crippen LogP contribution in [-0.2, 0) is 9.59 Å². The largest absolute Gasteiger partial charge is 0.356 e. The maximum absolute atomic E-state index is 11.4. The van der Waals surface area contributed by atoms with Gasteiger partial charge in [0.1, 0.15) is 0 Å². The zero-order chi connectivity index (χ0) is 14.5. The Bertz CT molecular complexity index is 258. The van der Waals surface area contributed by atoms with Gasteiger partial charge in [-0.1, -0.05) is 12.8 Å². The molecule has 0 aliphatic carbocycles. The van der Waals surface area contributed by atoms with Crippen molar-refractivity contribution in [2.24, 2.45) is 0 Å². The molecule has 4 nitrogen and oxygen atoms in total. The molecule has 0 atom stereocenters. The third-order valence-electron chi connectivity index (χ3n) is 2.64. The van der Waals surface area contributed by atoms with E-state index in [1.54, 1.807) is 11.8 Å². The normalized spacial score (nSPS) is 10.5. The van der Waals surface area contributed by atoms with E-state index < -0.39 is 0 Å². The molecule has 0 aromatic heterocycles. The summed E-state index contributed by atoms with van der Waals surface area (Å²) in [5.41, 5.74) is 0. The van der Waals surface area contributed by atoms with Gasteiger partial charge in [-0.15, -0.1) is 0 Å². The number of hydrogen-bond acceptors (Lipinski definition) is 3. The maximum Gasteiger partial charge on any atom is 0.220 e. The summed E-state index contributed by atoms with van der Waals surface area (Å²) >= 11 is 1.69. The molecule has 112 valence electrons. The molecule has 0 aliphatic heterocycles. The van der Waals surface area contributed by atoms with E-state index in [0.29, 0.717) is 12.8 Å². The minimum absolute atomic E-state index is 0.139. The van der Waals surface area contributed by atoms with E-state index in [-0.39, 0.29) is 17.9 Å². The second-order valence-corrected chi connectivity index (χ2v) is 5.96. The molecule has 0 saturated heterocycles. The number of thioether (sulfide) groups is 1. The van der Waals surface area contributed by atoms with E-state index in [4.69, 9.17) is 0 Å². The Balaban J connectivity index is 3.27. The van der Waals surface area contributed by atoms with Gasteiger partial charge in [0.05, 0.1) is 0 Å². The summed E-state index contributed by atoms with van der Waals surface area (Å²) in [7, 11) is 0. The predicted molar refractivity (Wildman–Crippen MR) is 82.4 cm³/mol. The van der Waals surface area contributed by atoms with Crippen molar-refractivity contribution in [1.82, 2.24) is 10.6 Å². The molecule has 5 heteroatoms. The molecule has 0 radical (unpaired) electrons. The summed E-state index contributed by atoms with van der Waals surface area (Å²) in [4.78, 5) is 22.7. The summed E-state index contributed by atoms with van der Waals surface area (Å²) in [5.74, 6) is 1.17. The van der Waals surface area contributed by atoms with Crippen LogP contribution in [0.4, 0.5) is 0 Å². The Hall–Kier alpha value is -0.710. The lowest BCUT2D eigenvalue weighted by atomic mass is 10.1. The zero-order valence-corrected chi connectivity index (χ0v) is 13.3. The van der Waals surface area contributed by atoms with Crippen LogP contribution in [0.1, 0.15) is 52.4 Å². The lowest BCUT2D eigenvalue weighted by Crippen LogP contribution is -2.29. The van der Waals surface area contributed by atoms with Gasteiger partial charge in [0, 0.05) is 31.2 Å². The molecule has 0 aromatic carbocycles. The van der Waals surface area contributed by atoms with Crippen molar-refractivity contribution >= 4 is 23.6 Å². The minimum atomic E-state index is 0.139. The van der Waals surface area contributed by atoms with E-state index >= 15 is 0 Å². The fourth-order valence-electron chi connectivity index (χ4n) is 1.67. The molecule has 0 rings (SSSR count). The van der Waals surface area contributed by atoms with Gasteiger partial charge in [0.2, 0.25) is 11.8 Å². The number of hydrogen-bond donors (Lipinski definition) is 2. The van der Waals surface area contributed by atoms with Crippen molar-refractivity contribution in [2.75, 3.05) is 18.6 Å². The van der Waals surface area contributed by atoms with E-state index in [2.05, 4.69) is 10.6 Å². The molecular formula is C14H28N2O2S. The third kappa shape index (κ3) is 13.5. The van der Waals surface area contributed by atoms with E-state index in [0.717, 1.165) is 38.0 Å². The Morgan fingerprint density at radius 1 is 1.00 bits per heavy atom. The van der Waals surface area contributed by atoms with Crippen LogP contribution in [0, 0.1) is 0 Å². The second-order valence-electron chi connectivity index (χ2n) is 4.98. The molecule has 0 aliphatic rings. The quantitative estimate of drug-likeness (QED) is 0.574. The molecule has 0 bridgehead atoms. The monoisotopic (exact) mass is 288 g/mol. The molecule has 0 heterocycles. The highest BCUT2D eigenvalue weighted by atomic mass is 32.2. The summed E-state index contributed by atoms with van der Waals surface area (Å²) < 4.78 is 0. The standard InChI is InChI=1S/C14H28N2O2S/c1-12(2)16-14(18)8-6-4-5-7-10-15-13(17)9-11-19-3/h12H,4-11H2,1-3H3,(H,15,17)(H,16,18). The second kappa shape index (κ2) is 12.3. The highest BCUT2D eigenvalue weighted by Crippen LogP contribution is 2.03. The Morgan fingerprint density at radius 3 is 2.32 bits per heavy atom. The van der Waals surface area contributed by atoms with E-state index in [9.17, 15) is 9.59 Å². The molecule has 0 fully saturated rings. The van der Waals surface area contributed by atoms with Crippen molar-refractivity contribution in [1.29, 1.82) is 0 Å². The smallest absolute Gasteiger partial charge is 0.220 e. The molecule has 19 heavy (non-hydrogen) atoms. The number of unbranched alkanes of at least 4 members (excludes halogenated alkanes) is 3. The van der Waals surface area contributed by atoms with Crippen molar-refractivity contribution in [3.8, 4) is 0 Å². The predicted octanol–water partition coefficient (Wildman–Crippen LogP) is 2.33. The van der Waals surface area contributed by atoms with Gasteiger partial charge in [0.25, 0.3) is 0 Å². The fourth-order valence-corrected chi connectivity index (χ4v) is 2.06. The first-order valence-electron chi connectivity index (χ1n) is 7.11. The first kappa shape index (κ1) is 18.3. The first-order chi connectivity index (χ1) is 9.06. The SMILES string of the molecule is CSCCC(=O)NCCCCCCC(=O)NC(C)C. The van der Waals surface area contributed by atoms with Crippen molar-refractivity contribution in [2.45, 2.75) is 58.4 Å². The first-order valence-corrected chi connectivity index (χ1v) is 8.50. The van der Waals surface area contributed by atoms with Gasteiger partial charge in [-0.2, -0.15) is 11.8 Å². The van der Waals surface area contributed by atoms with Crippen LogP contribution in [0.25, 0.3) is 0 Å². The van der Waals surface area contributed by atoms with Crippen molar-refractivity contribution in [3.05, 3.63) is 0 Å². The molecule has 2 N–H and O–H groups in total. The van der Waals surface area contributed by atoms with Gasteiger partial charge in [0.15, 0.2) is 0 Å². The molecule has 0 spiro atoms. The maximum atomic E-state index is 11.4. The van der Waals surface area contributed by atoms with Crippen LogP contribution >= 0.6 is 11.8 Å². The summed E-state index contributed by atoms with van der Waals surface area (Å²) in [6, 6.07) is 0.226. The summed E-state index contributed by atoms with van der Waals surface area (Å²) in [6.07, 6.45) is 7.26. The minimum Gasteiger partial charge on any atom is -0.356 e. The lowest BCUT2D eigenvalue weighted by Gasteiger charge is -2.08. The van der Waals surface area contributed by atoms with Gasteiger partial charge >= 0.3 is 0 Å². The topological polar surface area (TPSA) is 58.2 Å². The molecule has 2 amide bonds. The average molecular weight is 288 g/mol. The Morgan fingerprint density at radius 2 is 1.68 bits per heavy atom. The number of rotatable bonds is 11. The van der Waals surface area contributed by atoms with Gasteiger partial charge < -0.3 is 10.6 Å². The van der Waals surface area contributed by atoms with Crippen LogP contribution in [-0.4, -0.2) is 36.4 Å². The van der Waals surface area contributed by atoms with Crippen LogP contribution < -0.4 is 10.6 Å². The van der Waals surface area contributed by atoms with Crippen LogP contribution in [0.5, 0.6) is 0 Å². The van der Waals surface area contributed by atoms with Crippen LogP contribution in [0.2, 0.25) is 0 Å². The molecule has 0 saturated carbocycles. The van der Waals surface area contributed by atoms with E-state index in [1.165, 1.54) is 0 Å². The Kier molecular flexibility index (Phi) is 11.9. The van der Waals surface area contributed by atoms with Gasteiger partial charge in [-0.25, -0.2) is 0 Å². The van der Waals surface area contributed by atoms with Gasteiger partial charge in [-0.05, 0) is 32.9 Å². The van der Waals surface area contributed by atoms with Crippen LogP contribution in [0.3, 0.4) is 0 Å². The highest BCUT2D eigenvalue weighted by Gasteiger charge is 2.02. The average Bonchev–Trinajstić information content (AvgIpc) is 2.34. The number of carbonyl (C=O) groups is 2. The Labute approximate surface area is 121 Å². The molecule has 0 unspecified atom stereocenters. The molecular weight excluding hydrogens is 260 g/mol. The number of nitrogens with one attached hydrogen (secondary N) is 2. The number of carbonyl (C=O) groups excluding carboxylic acids is 2. The summed E-state index contributed by atoms with van der Waals surface area (Å²) in [5, 5.41) is 5.79. The summed E-state index contributed by atoms with van der Waals surface area (Å²) in [6.45, 7) is 4.70. The molecule has 0 aromatic rings. The van der Waals surface area contributed by atoms with Gasteiger partial charge in [-0.3, -0.25) is 9.59 Å². The van der Waals surface area contributed by atoms with E-state index in [1.807, 2.05) is 20.1 Å². The van der Waals surface area contributed by atoms with Crippen molar-refractivity contribution in [3.63, 3.8) is 0 Å². The number of amides is 2. The lowest BCUT2D eigenvalue weighted by molar-refractivity contribution is -0.122. The van der Waals surface area contributed by atoms with Crippen LogP contribution in [0.15, 0.2) is 0 Å².